The third-order valence-corrected chi connectivity index (χ3v) is 6.01. The van der Waals surface area contributed by atoms with Gasteiger partial charge in [0.2, 0.25) is 12.7 Å². The number of benzene rings is 1. The standard InChI is InChI=1S/C22H31N3O7/c26-13-20-17(24-22(28)15-1-4-18-19(11-15)31-14-30-18)3-2-16(32-20)5-6-23-21(27)12-25-7-9-29-10-8-25/h1,4,11,16-17,20,26H,2-3,5-10,12-14H2,(H,23,27)(H,24,28)/t16-,17+,20-/m1/s1. The molecular formula is C22H31N3O7. The molecule has 3 heterocycles. The summed E-state index contributed by atoms with van der Waals surface area (Å²) in [4.78, 5) is 26.9. The minimum absolute atomic E-state index is 0.00437. The lowest BCUT2D eigenvalue weighted by molar-refractivity contribution is -0.123. The summed E-state index contributed by atoms with van der Waals surface area (Å²) in [5.41, 5.74) is 0.469. The van der Waals surface area contributed by atoms with Crippen LogP contribution < -0.4 is 20.1 Å². The average Bonchev–Trinajstić information content (AvgIpc) is 3.28. The molecule has 0 spiro atoms. The van der Waals surface area contributed by atoms with Crippen LogP contribution in [0.15, 0.2) is 18.2 Å². The molecule has 10 nitrogen and oxygen atoms in total. The normalized spacial score (nSPS) is 25.3. The monoisotopic (exact) mass is 449 g/mol. The molecule has 2 fully saturated rings. The van der Waals surface area contributed by atoms with E-state index >= 15 is 0 Å². The summed E-state index contributed by atoms with van der Waals surface area (Å²) < 4.78 is 21.9. The van der Waals surface area contributed by atoms with Crippen molar-refractivity contribution in [3.63, 3.8) is 0 Å². The minimum atomic E-state index is -0.490. The number of carbonyl (C=O) groups excluding carboxylic acids is 2. The van der Waals surface area contributed by atoms with Crippen molar-refractivity contribution >= 4 is 11.8 Å². The zero-order chi connectivity index (χ0) is 22.3. The molecule has 0 bridgehead atoms. The highest BCUT2D eigenvalue weighted by molar-refractivity contribution is 5.95. The number of rotatable bonds is 8. The quantitative estimate of drug-likeness (QED) is 0.503. The molecule has 3 aliphatic rings. The van der Waals surface area contributed by atoms with Gasteiger partial charge in [0.15, 0.2) is 11.5 Å². The van der Waals surface area contributed by atoms with Crippen LogP contribution >= 0.6 is 0 Å². The third-order valence-electron chi connectivity index (χ3n) is 6.01. The van der Waals surface area contributed by atoms with Crippen molar-refractivity contribution in [1.82, 2.24) is 15.5 Å². The molecule has 32 heavy (non-hydrogen) atoms. The summed E-state index contributed by atoms with van der Waals surface area (Å²) in [5.74, 6) is 0.919. The van der Waals surface area contributed by atoms with Gasteiger partial charge in [-0.3, -0.25) is 14.5 Å². The van der Waals surface area contributed by atoms with Gasteiger partial charge in [-0.1, -0.05) is 0 Å². The van der Waals surface area contributed by atoms with Gasteiger partial charge in [0.25, 0.3) is 5.91 Å². The lowest BCUT2D eigenvalue weighted by Gasteiger charge is -2.36. The van der Waals surface area contributed by atoms with Crippen LogP contribution in [0.4, 0.5) is 0 Å². The van der Waals surface area contributed by atoms with Gasteiger partial charge in [-0.25, -0.2) is 0 Å². The van der Waals surface area contributed by atoms with E-state index in [4.69, 9.17) is 18.9 Å². The van der Waals surface area contributed by atoms with Gasteiger partial charge in [-0.2, -0.15) is 0 Å². The molecule has 4 rings (SSSR count). The van der Waals surface area contributed by atoms with E-state index in [-0.39, 0.29) is 37.4 Å². The first-order valence-corrected chi connectivity index (χ1v) is 11.2. The van der Waals surface area contributed by atoms with E-state index < -0.39 is 6.10 Å². The first kappa shape index (κ1) is 22.8. The number of amides is 2. The van der Waals surface area contributed by atoms with E-state index in [1.54, 1.807) is 18.2 Å². The second-order valence-corrected chi connectivity index (χ2v) is 8.23. The number of carbonyl (C=O) groups is 2. The molecule has 0 radical (unpaired) electrons. The highest BCUT2D eigenvalue weighted by Crippen LogP contribution is 2.32. The van der Waals surface area contributed by atoms with E-state index in [0.29, 0.717) is 56.2 Å². The molecule has 176 valence electrons. The van der Waals surface area contributed by atoms with Crippen molar-refractivity contribution in [3.05, 3.63) is 23.8 Å². The number of nitrogens with zero attached hydrogens (tertiary/aromatic N) is 1. The van der Waals surface area contributed by atoms with Gasteiger partial charge in [0, 0.05) is 25.2 Å². The van der Waals surface area contributed by atoms with Gasteiger partial charge in [-0.15, -0.1) is 0 Å². The second kappa shape index (κ2) is 11.0. The molecule has 3 aliphatic heterocycles. The van der Waals surface area contributed by atoms with Crippen molar-refractivity contribution < 1.29 is 33.6 Å². The molecule has 1 aromatic carbocycles. The molecular weight excluding hydrogens is 418 g/mol. The number of nitrogens with one attached hydrogen (secondary N) is 2. The predicted molar refractivity (Wildman–Crippen MR) is 114 cm³/mol. The van der Waals surface area contributed by atoms with Crippen LogP contribution in [0.25, 0.3) is 0 Å². The maximum atomic E-state index is 12.7. The number of hydrogen-bond acceptors (Lipinski definition) is 8. The highest BCUT2D eigenvalue weighted by Gasteiger charge is 2.32. The van der Waals surface area contributed by atoms with Crippen molar-refractivity contribution in [1.29, 1.82) is 0 Å². The van der Waals surface area contributed by atoms with Gasteiger partial charge < -0.3 is 34.7 Å². The van der Waals surface area contributed by atoms with E-state index in [2.05, 4.69) is 15.5 Å². The van der Waals surface area contributed by atoms with Gasteiger partial charge >= 0.3 is 0 Å². The summed E-state index contributed by atoms with van der Waals surface area (Å²) in [5, 5.41) is 15.7. The van der Waals surface area contributed by atoms with Crippen LogP contribution in [-0.2, 0) is 14.3 Å². The fraction of sp³-hybridized carbons (Fsp3) is 0.636. The Hall–Kier alpha value is -2.40. The van der Waals surface area contributed by atoms with E-state index in [0.717, 1.165) is 19.5 Å². The van der Waals surface area contributed by atoms with Crippen LogP contribution in [0, 0.1) is 0 Å². The summed E-state index contributed by atoms with van der Waals surface area (Å²) in [6.45, 7) is 3.73. The molecule has 0 unspecified atom stereocenters. The fourth-order valence-corrected chi connectivity index (χ4v) is 4.19. The smallest absolute Gasteiger partial charge is 0.251 e. The number of aliphatic hydroxyl groups excluding tert-OH is 1. The Bertz CT molecular complexity index is 800. The Morgan fingerprint density at radius 3 is 2.75 bits per heavy atom. The number of hydrogen-bond donors (Lipinski definition) is 3. The average molecular weight is 450 g/mol. The van der Waals surface area contributed by atoms with Crippen molar-refractivity contribution in [2.75, 3.05) is 52.8 Å². The zero-order valence-corrected chi connectivity index (χ0v) is 18.1. The predicted octanol–water partition coefficient (Wildman–Crippen LogP) is -0.108. The Kier molecular flexibility index (Phi) is 7.80. The highest BCUT2D eigenvalue weighted by atomic mass is 16.7. The Balaban J connectivity index is 1.19. The maximum Gasteiger partial charge on any atom is 0.251 e. The summed E-state index contributed by atoms with van der Waals surface area (Å²) >= 11 is 0. The molecule has 0 aliphatic carbocycles. The lowest BCUT2D eigenvalue weighted by Crippen LogP contribution is -2.51. The van der Waals surface area contributed by atoms with E-state index in [1.807, 2.05) is 0 Å². The molecule has 1 aromatic rings. The molecule has 3 N–H and O–H groups in total. The molecule has 2 amide bonds. The van der Waals surface area contributed by atoms with Gasteiger partial charge in [0.05, 0.1) is 38.5 Å². The second-order valence-electron chi connectivity index (χ2n) is 8.23. The van der Waals surface area contributed by atoms with Crippen LogP contribution in [0.5, 0.6) is 11.5 Å². The summed E-state index contributed by atoms with van der Waals surface area (Å²) in [7, 11) is 0. The first-order valence-electron chi connectivity index (χ1n) is 11.2. The Labute approximate surface area is 187 Å². The Morgan fingerprint density at radius 1 is 1.12 bits per heavy atom. The van der Waals surface area contributed by atoms with Crippen molar-refractivity contribution in [2.45, 2.75) is 37.5 Å². The molecule has 0 aromatic heterocycles. The fourth-order valence-electron chi connectivity index (χ4n) is 4.19. The third kappa shape index (κ3) is 5.89. The first-order chi connectivity index (χ1) is 15.6. The van der Waals surface area contributed by atoms with Gasteiger partial charge in [0.1, 0.15) is 6.10 Å². The van der Waals surface area contributed by atoms with Crippen molar-refractivity contribution in [3.8, 4) is 11.5 Å². The van der Waals surface area contributed by atoms with Gasteiger partial charge in [-0.05, 0) is 37.5 Å². The topological polar surface area (TPSA) is 119 Å². The molecule has 10 heteroatoms. The minimum Gasteiger partial charge on any atom is -0.454 e. The maximum absolute atomic E-state index is 12.7. The van der Waals surface area contributed by atoms with Crippen LogP contribution in [0.1, 0.15) is 29.6 Å². The summed E-state index contributed by atoms with van der Waals surface area (Å²) in [6, 6.07) is 4.76. The van der Waals surface area contributed by atoms with E-state index in [1.165, 1.54) is 0 Å². The van der Waals surface area contributed by atoms with Crippen LogP contribution in [0.3, 0.4) is 0 Å². The zero-order valence-electron chi connectivity index (χ0n) is 18.1. The molecule has 2 saturated heterocycles. The SMILES string of the molecule is O=C(CN1CCOCC1)NCC[C@H]1CC[C@H](NC(=O)c2ccc3c(c2)OCO3)[C@@H](CO)O1. The summed E-state index contributed by atoms with van der Waals surface area (Å²) in [6.07, 6.45) is 1.52. The van der Waals surface area contributed by atoms with Crippen molar-refractivity contribution in [2.24, 2.45) is 0 Å². The largest absolute Gasteiger partial charge is 0.454 e. The van der Waals surface area contributed by atoms with Crippen LogP contribution in [0.2, 0.25) is 0 Å². The number of aliphatic hydroxyl groups is 1. The number of fused-ring (bicyclic) bond motifs is 1. The Morgan fingerprint density at radius 2 is 1.94 bits per heavy atom. The van der Waals surface area contributed by atoms with E-state index in [9.17, 15) is 14.7 Å². The number of ether oxygens (including phenoxy) is 4. The lowest BCUT2D eigenvalue weighted by atomic mass is 9.96. The molecule has 0 saturated carbocycles. The van der Waals surface area contributed by atoms with Crippen LogP contribution in [-0.4, -0.2) is 92.9 Å². The molecule has 3 atom stereocenters. The number of morpholine rings is 1.